The molecule has 2 fully saturated rings. The number of hydrogen-bond donors (Lipinski definition) is 0. The van der Waals surface area contributed by atoms with Gasteiger partial charge in [-0.3, -0.25) is 0 Å². The number of thiazole rings is 1. The first-order chi connectivity index (χ1) is 20.1. The van der Waals surface area contributed by atoms with Gasteiger partial charge in [0.25, 0.3) is 0 Å². The zero-order valence-corrected chi connectivity index (χ0v) is 24.9. The first-order valence-electron chi connectivity index (χ1n) is 13.9. The van der Waals surface area contributed by atoms with Gasteiger partial charge in [-0.2, -0.15) is 5.26 Å². The number of ether oxygens (including phenoxy) is 2. The number of fused-ring (bicyclic) bond motifs is 1. The molecule has 0 aliphatic carbocycles. The molecule has 8 nitrogen and oxygen atoms in total. The SMILES string of the molecule is COCc1ncsc1-c1ccc2c(-c3ccccc3F)c(C#N)c(N3CCC4(CN(C(=O)OC(C)(C)C)C4)C3)nc2c1. The monoisotopic (exact) mass is 585 g/mol. The highest BCUT2D eigenvalue weighted by Crippen LogP contribution is 2.45. The molecule has 2 aliphatic heterocycles. The summed E-state index contributed by atoms with van der Waals surface area (Å²) in [5.74, 6) is 0.140. The molecule has 2 aromatic heterocycles. The molecule has 1 spiro atoms. The maximum Gasteiger partial charge on any atom is 0.410 e. The van der Waals surface area contributed by atoms with Crippen molar-refractivity contribution in [3.8, 4) is 27.6 Å². The van der Waals surface area contributed by atoms with Gasteiger partial charge in [-0.1, -0.05) is 30.3 Å². The summed E-state index contributed by atoms with van der Waals surface area (Å²) >= 11 is 1.52. The zero-order chi connectivity index (χ0) is 29.6. The lowest BCUT2D eigenvalue weighted by Crippen LogP contribution is -2.60. The Kier molecular flexibility index (Phi) is 7.11. The van der Waals surface area contributed by atoms with Crippen LogP contribution in [-0.2, 0) is 16.1 Å². The predicted molar refractivity (Wildman–Crippen MR) is 161 cm³/mol. The van der Waals surface area contributed by atoms with Crippen molar-refractivity contribution in [2.75, 3.05) is 38.2 Å². The number of rotatable bonds is 5. The van der Waals surface area contributed by atoms with Gasteiger partial charge < -0.3 is 19.3 Å². The Morgan fingerprint density at radius 3 is 2.69 bits per heavy atom. The molecule has 0 bridgehead atoms. The molecule has 0 radical (unpaired) electrons. The fourth-order valence-corrected chi connectivity index (χ4v) is 6.80. The van der Waals surface area contributed by atoms with E-state index in [2.05, 4.69) is 16.0 Å². The van der Waals surface area contributed by atoms with E-state index < -0.39 is 11.4 Å². The number of carbonyl (C=O) groups excluding carboxylic acids is 1. The van der Waals surface area contributed by atoms with E-state index in [0.717, 1.165) is 22.6 Å². The van der Waals surface area contributed by atoms with Crippen molar-refractivity contribution in [3.05, 3.63) is 65.0 Å². The van der Waals surface area contributed by atoms with Crippen LogP contribution in [-0.4, -0.2) is 59.9 Å². The minimum atomic E-state index is -0.552. The lowest BCUT2D eigenvalue weighted by atomic mass is 9.79. The lowest BCUT2D eigenvalue weighted by Gasteiger charge is -2.47. The summed E-state index contributed by atoms with van der Waals surface area (Å²) in [6.45, 7) is 8.47. The molecule has 6 rings (SSSR count). The molecule has 0 unspecified atom stereocenters. The number of likely N-dealkylation sites (tertiary alicyclic amines) is 1. The Morgan fingerprint density at radius 1 is 1.19 bits per heavy atom. The third-order valence-electron chi connectivity index (χ3n) is 7.85. The first-order valence-corrected chi connectivity index (χ1v) is 14.8. The van der Waals surface area contributed by atoms with E-state index in [1.165, 1.54) is 17.4 Å². The highest BCUT2D eigenvalue weighted by Gasteiger charge is 2.51. The van der Waals surface area contributed by atoms with E-state index in [4.69, 9.17) is 14.5 Å². The number of aromatic nitrogens is 2. The number of hydrogen-bond acceptors (Lipinski definition) is 8. The Labute approximate surface area is 248 Å². The van der Waals surface area contributed by atoms with E-state index >= 15 is 4.39 Å². The molecular weight excluding hydrogens is 553 g/mol. The molecule has 2 aliphatic rings. The number of carbonyl (C=O) groups is 1. The number of benzene rings is 2. The van der Waals surface area contributed by atoms with Gasteiger partial charge in [0.1, 0.15) is 28.9 Å². The van der Waals surface area contributed by atoms with Crippen LogP contribution in [0.3, 0.4) is 0 Å². The average Bonchev–Trinajstić information content (AvgIpc) is 3.58. The largest absolute Gasteiger partial charge is 0.444 e. The topological polar surface area (TPSA) is 91.6 Å². The van der Waals surface area contributed by atoms with Gasteiger partial charge in [-0.25, -0.2) is 19.2 Å². The summed E-state index contributed by atoms with van der Waals surface area (Å²) < 4.78 is 26.2. The van der Waals surface area contributed by atoms with Gasteiger partial charge in [-0.15, -0.1) is 11.3 Å². The Morgan fingerprint density at radius 2 is 1.98 bits per heavy atom. The van der Waals surface area contributed by atoms with E-state index in [1.807, 2.05) is 39.0 Å². The van der Waals surface area contributed by atoms with E-state index in [-0.39, 0.29) is 11.5 Å². The van der Waals surface area contributed by atoms with Gasteiger partial charge >= 0.3 is 6.09 Å². The van der Waals surface area contributed by atoms with Crippen LogP contribution in [0.25, 0.3) is 32.5 Å². The van der Waals surface area contributed by atoms with Gasteiger partial charge in [0.15, 0.2) is 0 Å². The summed E-state index contributed by atoms with van der Waals surface area (Å²) in [6.07, 6.45) is 0.547. The third-order valence-corrected chi connectivity index (χ3v) is 8.77. The molecule has 0 N–H and O–H groups in total. The molecule has 2 saturated heterocycles. The number of anilines is 1. The molecule has 2 aromatic carbocycles. The van der Waals surface area contributed by atoms with Crippen LogP contribution in [0.15, 0.2) is 48.0 Å². The fraction of sp³-hybridized carbons (Fsp3) is 0.375. The van der Waals surface area contributed by atoms with Crippen LogP contribution in [0, 0.1) is 22.6 Å². The van der Waals surface area contributed by atoms with Crippen LogP contribution in [0.1, 0.15) is 38.4 Å². The van der Waals surface area contributed by atoms with Gasteiger partial charge in [0.05, 0.1) is 28.2 Å². The molecule has 4 aromatic rings. The lowest BCUT2D eigenvalue weighted by molar-refractivity contribution is -0.0266. The molecule has 0 saturated carbocycles. The van der Waals surface area contributed by atoms with Crippen LogP contribution in [0.4, 0.5) is 15.0 Å². The summed E-state index contributed by atoms with van der Waals surface area (Å²) in [4.78, 5) is 26.9. The predicted octanol–water partition coefficient (Wildman–Crippen LogP) is 6.63. The van der Waals surface area contributed by atoms with Crippen LogP contribution < -0.4 is 4.90 Å². The second-order valence-corrected chi connectivity index (χ2v) is 12.9. The Balaban J connectivity index is 1.41. The number of methoxy groups -OCH3 is 1. The maximum absolute atomic E-state index is 15.3. The smallest absolute Gasteiger partial charge is 0.410 e. The number of nitrogens with zero attached hydrogens (tertiary/aromatic N) is 5. The average molecular weight is 586 g/mol. The van der Waals surface area contributed by atoms with Crippen molar-refractivity contribution < 1.29 is 18.7 Å². The van der Waals surface area contributed by atoms with E-state index in [9.17, 15) is 10.1 Å². The molecule has 1 amide bonds. The second-order valence-electron chi connectivity index (χ2n) is 12.1. The van der Waals surface area contributed by atoms with Crippen LogP contribution >= 0.6 is 11.3 Å². The van der Waals surface area contributed by atoms with Crippen LogP contribution in [0.5, 0.6) is 0 Å². The van der Waals surface area contributed by atoms with Crippen molar-refractivity contribution in [2.24, 2.45) is 5.41 Å². The summed E-state index contributed by atoms with van der Waals surface area (Å²) in [5.41, 5.74) is 4.83. The van der Waals surface area contributed by atoms with Crippen molar-refractivity contribution in [1.82, 2.24) is 14.9 Å². The minimum absolute atomic E-state index is 0.0992. The Hall–Kier alpha value is -4.07. The van der Waals surface area contributed by atoms with Crippen molar-refractivity contribution >= 4 is 34.2 Å². The van der Waals surface area contributed by atoms with Gasteiger partial charge in [0.2, 0.25) is 0 Å². The summed E-state index contributed by atoms with van der Waals surface area (Å²) in [6, 6.07) is 14.8. The highest BCUT2D eigenvalue weighted by atomic mass is 32.1. The second kappa shape index (κ2) is 10.6. The quantitative estimate of drug-likeness (QED) is 0.260. The standard InChI is InChI=1S/C32H32FN5O3S/c1-31(2,3)41-30(39)38-17-32(18-38)11-12-37(16-32)29-23(14-34)27(21-7-5-6-8-24(21)33)22-10-9-20(13-25(22)36-29)28-26(15-40-4)35-19-42-28/h5-10,13,19H,11-12,15-18H2,1-4H3. The first kappa shape index (κ1) is 28.1. The zero-order valence-electron chi connectivity index (χ0n) is 24.1. The number of halogens is 1. The highest BCUT2D eigenvalue weighted by molar-refractivity contribution is 7.13. The molecule has 0 atom stereocenters. The fourth-order valence-electron chi connectivity index (χ4n) is 6.01. The van der Waals surface area contributed by atoms with E-state index in [1.54, 1.807) is 35.7 Å². The number of amides is 1. The summed E-state index contributed by atoms with van der Waals surface area (Å²) in [5, 5.41) is 11.2. The third kappa shape index (κ3) is 5.08. The van der Waals surface area contributed by atoms with E-state index in [0.29, 0.717) is 66.2 Å². The number of nitriles is 1. The van der Waals surface area contributed by atoms with Crippen molar-refractivity contribution in [2.45, 2.75) is 39.4 Å². The normalized spacial score (nSPS) is 16.1. The minimum Gasteiger partial charge on any atom is -0.444 e. The van der Waals surface area contributed by atoms with Crippen molar-refractivity contribution in [3.63, 3.8) is 0 Å². The number of pyridine rings is 1. The van der Waals surface area contributed by atoms with Crippen molar-refractivity contribution in [1.29, 1.82) is 5.26 Å². The Bertz CT molecular complexity index is 1720. The van der Waals surface area contributed by atoms with Gasteiger partial charge in [-0.05, 0) is 44.9 Å². The molecule has 216 valence electrons. The maximum atomic E-state index is 15.3. The molecule has 10 heteroatoms. The van der Waals surface area contributed by atoms with Crippen LogP contribution in [0.2, 0.25) is 0 Å². The molecule has 42 heavy (non-hydrogen) atoms. The van der Waals surface area contributed by atoms with Gasteiger partial charge in [0, 0.05) is 55.2 Å². The molecule has 4 heterocycles. The molecular formula is C32H32FN5O3S. The summed E-state index contributed by atoms with van der Waals surface area (Å²) in [7, 11) is 1.64.